The molecule has 2 aromatic carbocycles. The van der Waals surface area contributed by atoms with Gasteiger partial charge in [0.15, 0.2) is 5.75 Å². The van der Waals surface area contributed by atoms with E-state index in [1.165, 1.54) is 49.1 Å². The van der Waals surface area contributed by atoms with E-state index in [0.717, 1.165) is 18.2 Å². The lowest BCUT2D eigenvalue weighted by Gasteiger charge is -2.11. The first kappa shape index (κ1) is 24.6. The van der Waals surface area contributed by atoms with Crippen LogP contribution >= 0.6 is 0 Å². The number of benzene rings is 2. The predicted molar refractivity (Wildman–Crippen MR) is 121 cm³/mol. The van der Waals surface area contributed by atoms with E-state index in [1.54, 1.807) is 12.1 Å². The predicted octanol–water partition coefficient (Wildman–Crippen LogP) is 5.70. The third-order valence-electron chi connectivity index (χ3n) is 4.72. The molecule has 4 rings (SSSR count). The number of nitrogens with one attached hydrogen (secondary N) is 1. The molecule has 184 valence electrons. The van der Waals surface area contributed by atoms with Crippen LogP contribution in [-0.4, -0.2) is 27.5 Å². The Labute approximate surface area is 202 Å². The van der Waals surface area contributed by atoms with Gasteiger partial charge in [-0.15, -0.1) is 0 Å². The average Bonchev–Trinajstić information content (AvgIpc) is 2.84. The van der Waals surface area contributed by atoms with Crippen molar-refractivity contribution in [3.05, 3.63) is 102 Å². The molecule has 0 aliphatic heterocycles. The van der Waals surface area contributed by atoms with Crippen LogP contribution in [0, 0.1) is 5.82 Å². The number of alkyl halides is 3. The molecule has 2 aromatic heterocycles. The molecule has 0 fully saturated rings. The SMILES string of the molecule is O=C(Nc1cc(F)cc(Oc2cncnc2)c1)c1cccc(OCCc2cccc(C(F)(F)F)n2)c1. The number of carbonyl (C=O) groups excluding carboxylic acids is 1. The lowest BCUT2D eigenvalue weighted by molar-refractivity contribution is -0.141. The van der Waals surface area contributed by atoms with E-state index in [0.29, 0.717) is 11.5 Å². The number of ether oxygens (including phenoxy) is 2. The second kappa shape index (κ2) is 10.8. The maximum absolute atomic E-state index is 14.1. The smallest absolute Gasteiger partial charge is 0.433 e. The Morgan fingerprint density at radius 2 is 1.69 bits per heavy atom. The van der Waals surface area contributed by atoms with Gasteiger partial charge in [0.25, 0.3) is 5.91 Å². The molecule has 0 atom stereocenters. The van der Waals surface area contributed by atoms with Crippen LogP contribution in [0.2, 0.25) is 0 Å². The number of aromatic nitrogens is 3. The van der Waals surface area contributed by atoms with Crippen LogP contribution in [0.25, 0.3) is 0 Å². The molecule has 1 amide bonds. The van der Waals surface area contributed by atoms with Crippen molar-refractivity contribution in [1.82, 2.24) is 15.0 Å². The molecule has 0 radical (unpaired) electrons. The Bertz CT molecular complexity index is 1350. The van der Waals surface area contributed by atoms with Gasteiger partial charge in [0.1, 0.15) is 29.3 Å². The van der Waals surface area contributed by atoms with E-state index in [4.69, 9.17) is 9.47 Å². The van der Waals surface area contributed by atoms with E-state index in [2.05, 4.69) is 20.3 Å². The van der Waals surface area contributed by atoms with Crippen molar-refractivity contribution < 1.29 is 31.8 Å². The number of hydrogen-bond donors (Lipinski definition) is 1. The minimum Gasteiger partial charge on any atom is -0.493 e. The van der Waals surface area contributed by atoms with Gasteiger partial charge in [0.05, 0.1) is 19.0 Å². The number of nitrogens with zero attached hydrogens (tertiary/aromatic N) is 3. The quantitative estimate of drug-likeness (QED) is 0.314. The number of amides is 1. The summed E-state index contributed by atoms with van der Waals surface area (Å²) in [6.07, 6.45) is -0.248. The summed E-state index contributed by atoms with van der Waals surface area (Å²) in [7, 11) is 0. The summed E-state index contributed by atoms with van der Waals surface area (Å²) >= 11 is 0. The number of halogens is 4. The second-order valence-electron chi connectivity index (χ2n) is 7.44. The maximum atomic E-state index is 14.1. The summed E-state index contributed by atoms with van der Waals surface area (Å²) in [5, 5.41) is 2.59. The largest absolute Gasteiger partial charge is 0.493 e. The molecule has 0 unspecified atom stereocenters. The van der Waals surface area contributed by atoms with Crippen molar-refractivity contribution >= 4 is 11.6 Å². The summed E-state index contributed by atoms with van der Waals surface area (Å²) < 4.78 is 63.6. The highest BCUT2D eigenvalue weighted by molar-refractivity contribution is 6.04. The fourth-order valence-electron chi connectivity index (χ4n) is 3.15. The van der Waals surface area contributed by atoms with Crippen molar-refractivity contribution in [2.45, 2.75) is 12.6 Å². The van der Waals surface area contributed by atoms with Crippen molar-refractivity contribution in [2.75, 3.05) is 11.9 Å². The van der Waals surface area contributed by atoms with Crippen molar-refractivity contribution in [3.63, 3.8) is 0 Å². The van der Waals surface area contributed by atoms with E-state index >= 15 is 0 Å². The van der Waals surface area contributed by atoms with Crippen molar-refractivity contribution in [2.24, 2.45) is 0 Å². The summed E-state index contributed by atoms with van der Waals surface area (Å²) in [5.74, 6) is -0.382. The van der Waals surface area contributed by atoms with Crippen LogP contribution in [0.1, 0.15) is 21.7 Å². The number of pyridine rings is 1. The van der Waals surface area contributed by atoms with Crippen molar-refractivity contribution in [1.29, 1.82) is 0 Å². The summed E-state index contributed by atoms with van der Waals surface area (Å²) in [5.41, 5.74) is -0.353. The van der Waals surface area contributed by atoms with Crippen LogP contribution in [0.4, 0.5) is 23.2 Å². The monoisotopic (exact) mass is 498 g/mol. The molecular formula is C25H18F4N4O3. The van der Waals surface area contributed by atoms with Crippen LogP contribution in [-0.2, 0) is 12.6 Å². The molecule has 0 saturated heterocycles. The number of anilines is 1. The molecule has 2 heterocycles. The minimum absolute atomic E-state index is 0.0488. The first-order valence-electron chi connectivity index (χ1n) is 10.6. The Hall–Kier alpha value is -4.54. The van der Waals surface area contributed by atoms with Gasteiger partial charge in [-0.3, -0.25) is 4.79 Å². The molecule has 7 nitrogen and oxygen atoms in total. The van der Waals surface area contributed by atoms with Gasteiger partial charge in [-0.05, 0) is 36.4 Å². The van der Waals surface area contributed by atoms with Gasteiger partial charge in [-0.1, -0.05) is 12.1 Å². The van der Waals surface area contributed by atoms with Crippen LogP contribution in [0.5, 0.6) is 17.2 Å². The van der Waals surface area contributed by atoms with Crippen LogP contribution in [0.3, 0.4) is 0 Å². The van der Waals surface area contributed by atoms with E-state index in [1.807, 2.05) is 0 Å². The highest BCUT2D eigenvalue weighted by Crippen LogP contribution is 2.28. The molecule has 0 aliphatic carbocycles. The standard InChI is InChI=1S/C25H18F4N4O3/c26-17-10-19(12-21(11-17)36-22-13-30-15-31-14-22)33-24(34)16-3-1-5-20(9-16)35-8-7-18-4-2-6-23(32-18)25(27,28)29/h1-6,9-15H,7-8H2,(H,33,34). The maximum Gasteiger partial charge on any atom is 0.433 e. The van der Waals surface area contributed by atoms with E-state index in [-0.39, 0.29) is 35.7 Å². The van der Waals surface area contributed by atoms with Gasteiger partial charge < -0.3 is 14.8 Å². The molecule has 11 heteroatoms. The highest BCUT2D eigenvalue weighted by Gasteiger charge is 2.32. The molecule has 4 aromatic rings. The zero-order chi connectivity index (χ0) is 25.5. The molecule has 36 heavy (non-hydrogen) atoms. The summed E-state index contributed by atoms with van der Waals surface area (Å²) in [6.45, 7) is 0.0488. The second-order valence-corrected chi connectivity index (χ2v) is 7.44. The highest BCUT2D eigenvalue weighted by atomic mass is 19.4. The molecule has 0 bridgehead atoms. The zero-order valence-electron chi connectivity index (χ0n) is 18.5. The van der Waals surface area contributed by atoms with Gasteiger partial charge >= 0.3 is 6.18 Å². The normalized spacial score (nSPS) is 11.1. The van der Waals surface area contributed by atoms with Crippen molar-refractivity contribution in [3.8, 4) is 17.2 Å². The third kappa shape index (κ3) is 6.75. The molecule has 1 N–H and O–H groups in total. The van der Waals surface area contributed by atoms with Crippen LogP contribution in [0.15, 0.2) is 79.4 Å². The van der Waals surface area contributed by atoms with Gasteiger partial charge in [0, 0.05) is 35.5 Å². The zero-order valence-corrected chi connectivity index (χ0v) is 18.5. The molecule has 0 spiro atoms. The lowest BCUT2D eigenvalue weighted by atomic mass is 10.2. The summed E-state index contributed by atoms with van der Waals surface area (Å²) in [4.78, 5) is 23.9. The Kier molecular flexibility index (Phi) is 7.38. The molecule has 0 saturated carbocycles. The number of rotatable bonds is 8. The fraction of sp³-hybridized carbons (Fsp3) is 0.120. The van der Waals surface area contributed by atoms with E-state index < -0.39 is 23.6 Å². The average molecular weight is 498 g/mol. The van der Waals surface area contributed by atoms with Gasteiger partial charge in [-0.25, -0.2) is 19.3 Å². The number of hydrogen-bond acceptors (Lipinski definition) is 6. The third-order valence-corrected chi connectivity index (χ3v) is 4.72. The number of carbonyl (C=O) groups is 1. The minimum atomic E-state index is -4.52. The summed E-state index contributed by atoms with van der Waals surface area (Å²) in [6, 6.07) is 13.6. The molecular weight excluding hydrogens is 480 g/mol. The van der Waals surface area contributed by atoms with E-state index in [9.17, 15) is 22.4 Å². The Balaban J connectivity index is 1.38. The Morgan fingerprint density at radius 3 is 2.47 bits per heavy atom. The first-order chi connectivity index (χ1) is 17.3. The molecule has 0 aliphatic rings. The van der Waals surface area contributed by atoms with Crippen LogP contribution < -0.4 is 14.8 Å². The van der Waals surface area contributed by atoms with Gasteiger partial charge in [0.2, 0.25) is 0 Å². The first-order valence-corrected chi connectivity index (χ1v) is 10.6. The van der Waals surface area contributed by atoms with Gasteiger partial charge in [-0.2, -0.15) is 13.2 Å². The lowest BCUT2D eigenvalue weighted by Crippen LogP contribution is -2.13. The fourth-order valence-corrected chi connectivity index (χ4v) is 3.15. The topological polar surface area (TPSA) is 86.2 Å². The Morgan fingerprint density at radius 1 is 0.917 bits per heavy atom.